The van der Waals surface area contributed by atoms with Crippen molar-refractivity contribution in [2.45, 2.75) is 63.7 Å². The molecule has 6 heterocycles. The number of aromatic nitrogens is 4. The molecule has 2 aromatic carbocycles. The summed E-state index contributed by atoms with van der Waals surface area (Å²) in [5, 5.41) is 7.11. The summed E-state index contributed by atoms with van der Waals surface area (Å²) in [5.74, 6) is 1.45. The molecule has 3 amide bonds. The number of likely N-dealkylation sites (N-methyl/N-ethyl adjacent to an activating group) is 1. The molecule has 12 nitrogen and oxygen atoms in total. The van der Waals surface area contributed by atoms with Gasteiger partial charge in [0, 0.05) is 35.0 Å². The van der Waals surface area contributed by atoms with E-state index in [-0.39, 0.29) is 35.9 Å². The highest BCUT2D eigenvalue weighted by molar-refractivity contribution is 7.27. The van der Waals surface area contributed by atoms with Gasteiger partial charge in [0.05, 0.1) is 52.4 Å². The normalized spacial score (nSPS) is 18.2. The molecule has 0 saturated carbocycles. The van der Waals surface area contributed by atoms with Crippen LogP contribution in [-0.4, -0.2) is 92.9 Å². The number of hydrogen-bond donors (Lipinski definition) is 3. The summed E-state index contributed by atoms with van der Waals surface area (Å²) in [7, 11) is 5.21. The lowest BCUT2D eigenvalue weighted by Gasteiger charge is -2.31. The van der Waals surface area contributed by atoms with Gasteiger partial charge in [-0.05, 0) is 62.4 Å². The summed E-state index contributed by atoms with van der Waals surface area (Å²) in [6, 6.07) is 17.2. The predicted octanol–water partition coefficient (Wildman–Crippen LogP) is 8.42. The Balaban J connectivity index is 0.969. The van der Waals surface area contributed by atoms with Crippen molar-refractivity contribution in [3.63, 3.8) is 0 Å². The summed E-state index contributed by atoms with van der Waals surface area (Å²) in [6.45, 7) is 5.15. The number of benzene rings is 2. The molecular weight excluding hydrogens is 757 g/mol. The van der Waals surface area contributed by atoms with Gasteiger partial charge in [0.15, 0.2) is 0 Å². The van der Waals surface area contributed by atoms with E-state index in [0.29, 0.717) is 13.1 Å². The van der Waals surface area contributed by atoms with E-state index in [1.54, 1.807) is 22.7 Å². The molecule has 2 fully saturated rings. The van der Waals surface area contributed by atoms with Crippen molar-refractivity contribution in [1.82, 2.24) is 40.0 Å². The number of hydrogen-bond acceptors (Lipinski definition) is 9. The number of carbonyl (C=O) groups excluding carboxylic acids is 3. The van der Waals surface area contributed by atoms with Crippen LogP contribution in [0.5, 0.6) is 0 Å². The number of carbonyl (C=O) groups is 3. The van der Waals surface area contributed by atoms with E-state index in [4.69, 9.17) is 14.7 Å². The minimum Gasteiger partial charge on any atom is -0.453 e. The molecule has 4 aromatic heterocycles. The quantitative estimate of drug-likeness (QED) is 0.120. The molecule has 8 rings (SSSR count). The number of ether oxygens (including phenoxy) is 1. The van der Waals surface area contributed by atoms with Crippen LogP contribution in [0, 0.1) is 5.92 Å². The second-order valence-electron chi connectivity index (χ2n) is 15.4. The van der Waals surface area contributed by atoms with Crippen molar-refractivity contribution in [1.29, 1.82) is 0 Å². The monoisotopic (exact) mass is 804 g/mol. The average Bonchev–Trinajstić information content (AvgIpc) is 4.06. The van der Waals surface area contributed by atoms with E-state index in [1.165, 1.54) is 22.1 Å². The van der Waals surface area contributed by atoms with Crippen molar-refractivity contribution in [2.75, 3.05) is 34.3 Å². The predicted molar refractivity (Wildman–Crippen MR) is 225 cm³/mol. The lowest BCUT2D eigenvalue weighted by Crippen LogP contribution is -2.51. The van der Waals surface area contributed by atoms with Gasteiger partial charge < -0.3 is 29.8 Å². The Bertz CT molecular complexity index is 2360. The molecule has 296 valence electrons. The Morgan fingerprint density at radius 2 is 1.35 bits per heavy atom. The van der Waals surface area contributed by atoms with E-state index < -0.39 is 12.1 Å². The van der Waals surface area contributed by atoms with Crippen LogP contribution >= 0.6 is 22.7 Å². The summed E-state index contributed by atoms with van der Waals surface area (Å²) in [5.41, 5.74) is 7.28. The molecule has 0 spiro atoms. The maximum atomic E-state index is 13.9. The maximum Gasteiger partial charge on any atom is 0.407 e. The second-order valence-corrected chi connectivity index (χ2v) is 17.2. The highest BCUT2D eigenvalue weighted by Gasteiger charge is 2.39. The largest absolute Gasteiger partial charge is 0.453 e. The van der Waals surface area contributed by atoms with Crippen molar-refractivity contribution in [2.24, 2.45) is 5.92 Å². The molecule has 1 unspecified atom stereocenters. The van der Waals surface area contributed by atoms with E-state index in [1.807, 2.05) is 85.4 Å². The van der Waals surface area contributed by atoms with Crippen molar-refractivity contribution in [3.8, 4) is 33.6 Å². The SMILES string of the molecule is COC(=O)N[C@H](C(=O)N1CCC[C@H]1c1ncc(-c2csc3c(-c4ccc(-c5cnc(C6CCCN6C(=O)[C@@H](c6ccccc6)N(C)C)[nH]5)cc4)csc23)[nH]1)C(C)C. The Morgan fingerprint density at radius 3 is 1.96 bits per heavy atom. The molecule has 2 aliphatic heterocycles. The summed E-state index contributed by atoms with van der Waals surface area (Å²) >= 11 is 3.43. The first-order valence-corrected chi connectivity index (χ1v) is 21.2. The van der Waals surface area contributed by atoms with Crippen molar-refractivity contribution in [3.05, 3.63) is 95.0 Å². The number of thiophene rings is 2. The number of H-pyrrole nitrogens is 2. The zero-order valence-corrected chi connectivity index (χ0v) is 34.5. The van der Waals surface area contributed by atoms with Gasteiger partial charge in [-0.25, -0.2) is 14.8 Å². The fourth-order valence-corrected chi connectivity index (χ4v) is 10.7. The van der Waals surface area contributed by atoms with Gasteiger partial charge in [-0.3, -0.25) is 14.5 Å². The zero-order chi connectivity index (χ0) is 39.8. The van der Waals surface area contributed by atoms with Gasteiger partial charge >= 0.3 is 6.09 Å². The summed E-state index contributed by atoms with van der Waals surface area (Å²) in [4.78, 5) is 62.1. The van der Waals surface area contributed by atoms with Gasteiger partial charge in [-0.1, -0.05) is 68.4 Å². The van der Waals surface area contributed by atoms with E-state index in [2.05, 4.69) is 50.3 Å². The standard InChI is InChI=1S/C43H48N8O4S2/c1-25(2)35(48-43(54)55-5)41(52)50-19-9-13-33(50)40-45-22-32(47-40)30-24-57-37-29(23-56-38(30)37)26-15-17-27(18-16-26)31-21-44-39(46-31)34-14-10-20-51(34)42(53)36(49(3)4)28-11-7-6-8-12-28/h6-8,11-12,15-18,21-25,33-36H,9-10,13-14,19-20H2,1-5H3,(H,44,46)(H,45,47)(H,48,54)/t33-,34?,35-,36+/m0/s1. The lowest BCUT2D eigenvalue weighted by atomic mass is 10.0. The van der Waals surface area contributed by atoms with Gasteiger partial charge in [0.25, 0.3) is 0 Å². The molecular formula is C43H48N8O4S2. The van der Waals surface area contributed by atoms with Gasteiger partial charge in [0.1, 0.15) is 23.7 Å². The number of imidazole rings is 2. The number of methoxy groups -OCH3 is 1. The van der Waals surface area contributed by atoms with Crippen LogP contribution in [-0.2, 0) is 14.3 Å². The third kappa shape index (κ3) is 7.49. The summed E-state index contributed by atoms with van der Waals surface area (Å²) < 4.78 is 7.19. The number of likely N-dealkylation sites (tertiary alicyclic amines) is 2. The molecule has 2 saturated heterocycles. The Morgan fingerprint density at radius 1 is 0.789 bits per heavy atom. The first kappa shape index (κ1) is 38.6. The first-order chi connectivity index (χ1) is 27.6. The molecule has 57 heavy (non-hydrogen) atoms. The van der Waals surface area contributed by atoms with Crippen LogP contribution in [0.25, 0.3) is 43.0 Å². The minimum atomic E-state index is -0.679. The number of rotatable bonds is 11. The summed E-state index contributed by atoms with van der Waals surface area (Å²) in [6.07, 6.45) is 6.59. The first-order valence-electron chi connectivity index (χ1n) is 19.5. The van der Waals surface area contributed by atoms with Gasteiger partial charge in [0.2, 0.25) is 11.8 Å². The number of nitrogens with one attached hydrogen (secondary N) is 3. The lowest BCUT2D eigenvalue weighted by molar-refractivity contribution is -0.137. The minimum absolute atomic E-state index is 0.0955. The molecule has 14 heteroatoms. The molecule has 0 radical (unpaired) electrons. The van der Waals surface area contributed by atoms with Gasteiger partial charge in [-0.2, -0.15) is 0 Å². The van der Waals surface area contributed by atoms with E-state index >= 15 is 0 Å². The number of amides is 3. The van der Waals surface area contributed by atoms with Gasteiger partial charge in [-0.15, -0.1) is 22.7 Å². The third-order valence-electron chi connectivity index (χ3n) is 11.2. The third-order valence-corrected chi connectivity index (χ3v) is 13.4. The van der Waals surface area contributed by atoms with Crippen LogP contribution < -0.4 is 5.32 Å². The molecule has 0 bridgehead atoms. The van der Waals surface area contributed by atoms with Crippen molar-refractivity contribution >= 4 is 50.0 Å². The molecule has 2 aliphatic rings. The molecule has 4 atom stereocenters. The fourth-order valence-electron chi connectivity index (χ4n) is 8.29. The van der Waals surface area contributed by atoms with Crippen LogP contribution in [0.15, 0.2) is 77.8 Å². The Labute approximate surface area is 340 Å². The number of nitrogens with zero attached hydrogens (tertiary/aromatic N) is 5. The topological polar surface area (TPSA) is 140 Å². The Kier molecular flexibility index (Phi) is 11.0. The number of fused-ring (bicyclic) bond motifs is 1. The fraction of sp³-hybridized carbons (Fsp3) is 0.372. The van der Waals surface area contributed by atoms with E-state index in [0.717, 1.165) is 71.0 Å². The number of alkyl carbamates (subject to hydrolysis) is 1. The van der Waals surface area contributed by atoms with Crippen LogP contribution in [0.2, 0.25) is 0 Å². The average molecular weight is 805 g/mol. The molecule has 0 aliphatic carbocycles. The van der Waals surface area contributed by atoms with Crippen LogP contribution in [0.3, 0.4) is 0 Å². The van der Waals surface area contributed by atoms with Crippen molar-refractivity contribution < 1.29 is 19.1 Å². The number of aromatic amines is 2. The molecule has 6 aromatic rings. The smallest absolute Gasteiger partial charge is 0.407 e. The van der Waals surface area contributed by atoms with E-state index in [9.17, 15) is 14.4 Å². The second kappa shape index (κ2) is 16.3. The highest BCUT2D eigenvalue weighted by Crippen LogP contribution is 2.44. The molecule has 3 N–H and O–H groups in total. The van der Waals surface area contributed by atoms with Crippen LogP contribution in [0.4, 0.5) is 4.79 Å². The maximum absolute atomic E-state index is 13.9. The zero-order valence-electron chi connectivity index (χ0n) is 32.8. The Hall–Kier alpha value is -5.31. The van der Waals surface area contributed by atoms with Crippen LogP contribution in [0.1, 0.15) is 74.9 Å². The highest BCUT2D eigenvalue weighted by atomic mass is 32.1.